The fraction of sp³-hybridized carbons (Fsp3) is 1.00. The molecule has 3 unspecified atom stereocenters. The molecule has 0 aromatic rings. The van der Waals surface area contributed by atoms with Gasteiger partial charge in [0.1, 0.15) is 18.3 Å². The van der Waals surface area contributed by atoms with Gasteiger partial charge in [0.2, 0.25) is 0 Å². The average molecular weight is 192 g/mol. The van der Waals surface area contributed by atoms with E-state index in [-0.39, 0.29) is 0 Å². The highest BCUT2D eigenvalue weighted by molar-refractivity contribution is 4.93. The van der Waals surface area contributed by atoms with Crippen LogP contribution in [0.15, 0.2) is 0 Å². The van der Waals surface area contributed by atoms with Crippen molar-refractivity contribution in [2.45, 2.75) is 44.1 Å². The molecule has 0 radical (unpaired) electrons. The van der Waals surface area contributed by atoms with Gasteiger partial charge < -0.3 is 24.8 Å². The normalized spacial score (nSPS) is 52.2. The number of rotatable bonds is 1. The van der Waals surface area contributed by atoms with Gasteiger partial charge in [-0.2, -0.15) is 0 Å². The first-order valence-corrected chi connectivity index (χ1v) is 4.19. The molecule has 0 aliphatic carbocycles. The molecule has 1 rings (SSSR count). The van der Waals surface area contributed by atoms with Crippen LogP contribution in [0, 0.1) is 0 Å². The Bertz CT molecular complexity index is 185. The summed E-state index contributed by atoms with van der Waals surface area (Å²) in [5.41, 5.74) is 0. The summed E-state index contributed by atoms with van der Waals surface area (Å²) in [6.07, 6.45) is -4.14. The van der Waals surface area contributed by atoms with E-state index in [0.29, 0.717) is 0 Å². The third-order valence-electron chi connectivity index (χ3n) is 2.52. The standard InChI is InChI=1S/C8H16O5/c1-4-5(9)6(10)7(11)8(2,12-3)13-4/h4-7,9-11H,1-3H3/t4?,5-,6?,7?,8-/m0/s1. The minimum absolute atomic E-state index is 0.566. The largest absolute Gasteiger partial charge is 0.388 e. The lowest BCUT2D eigenvalue weighted by Crippen LogP contribution is -2.63. The summed E-state index contributed by atoms with van der Waals surface area (Å²) in [5.74, 6) is -1.25. The molecular weight excluding hydrogens is 176 g/mol. The third-order valence-corrected chi connectivity index (χ3v) is 2.52. The number of ether oxygens (including phenoxy) is 2. The van der Waals surface area contributed by atoms with Crippen molar-refractivity contribution < 1.29 is 24.8 Å². The first-order chi connectivity index (χ1) is 5.92. The third kappa shape index (κ3) is 1.70. The van der Waals surface area contributed by atoms with Gasteiger partial charge in [-0.15, -0.1) is 0 Å². The minimum Gasteiger partial charge on any atom is -0.388 e. The van der Waals surface area contributed by atoms with Gasteiger partial charge in [0, 0.05) is 7.11 Å². The van der Waals surface area contributed by atoms with Crippen LogP contribution in [0.25, 0.3) is 0 Å². The maximum Gasteiger partial charge on any atom is 0.194 e. The van der Waals surface area contributed by atoms with Crippen LogP contribution in [0.2, 0.25) is 0 Å². The van der Waals surface area contributed by atoms with Crippen LogP contribution in [-0.2, 0) is 9.47 Å². The van der Waals surface area contributed by atoms with Crippen molar-refractivity contribution >= 4 is 0 Å². The lowest BCUT2D eigenvalue weighted by atomic mass is 9.94. The van der Waals surface area contributed by atoms with E-state index >= 15 is 0 Å². The fourth-order valence-electron chi connectivity index (χ4n) is 1.45. The predicted molar refractivity (Wildman–Crippen MR) is 44.0 cm³/mol. The molecular formula is C8H16O5. The van der Waals surface area contributed by atoms with Crippen LogP contribution in [-0.4, -0.2) is 52.6 Å². The zero-order valence-electron chi connectivity index (χ0n) is 7.97. The molecule has 0 saturated carbocycles. The summed E-state index contributed by atoms with van der Waals surface area (Å²) in [6.45, 7) is 3.13. The predicted octanol–water partition coefficient (Wildman–Crippen LogP) is -1.15. The summed E-state index contributed by atoms with van der Waals surface area (Å²) in [5, 5.41) is 28.3. The number of aliphatic hydroxyl groups excluding tert-OH is 3. The number of aliphatic hydroxyl groups is 3. The Morgan fingerprint density at radius 2 is 1.77 bits per heavy atom. The first kappa shape index (κ1) is 10.9. The molecule has 0 amide bonds. The molecule has 0 aromatic carbocycles. The monoisotopic (exact) mass is 192 g/mol. The van der Waals surface area contributed by atoms with Crippen molar-refractivity contribution in [1.29, 1.82) is 0 Å². The fourth-order valence-corrected chi connectivity index (χ4v) is 1.45. The Hall–Kier alpha value is -0.200. The molecule has 0 spiro atoms. The smallest absolute Gasteiger partial charge is 0.194 e. The summed E-state index contributed by atoms with van der Waals surface area (Å²) >= 11 is 0. The van der Waals surface area contributed by atoms with Crippen molar-refractivity contribution in [1.82, 2.24) is 0 Å². The van der Waals surface area contributed by atoms with Crippen LogP contribution in [0.3, 0.4) is 0 Å². The molecule has 78 valence electrons. The zero-order valence-corrected chi connectivity index (χ0v) is 7.97. The molecule has 1 heterocycles. The quantitative estimate of drug-likeness (QED) is 0.489. The van der Waals surface area contributed by atoms with Gasteiger partial charge in [0.15, 0.2) is 5.79 Å². The van der Waals surface area contributed by atoms with Gasteiger partial charge in [-0.3, -0.25) is 0 Å². The van der Waals surface area contributed by atoms with Crippen molar-refractivity contribution in [3.05, 3.63) is 0 Å². The van der Waals surface area contributed by atoms with Crippen LogP contribution in [0.4, 0.5) is 0 Å². The van der Waals surface area contributed by atoms with E-state index in [1.807, 2.05) is 0 Å². The molecule has 5 nitrogen and oxygen atoms in total. The van der Waals surface area contributed by atoms with E-state index in [0.717, 1.165) is 0 Å². The minimum atomic E-state index is -1.25. The van der Waals surface area contributed by atoms with E-state index in [9.17, 15) is 15.3 Å². The lowest BCUT2D eigenvalue weighted by Gasteiger charge is -2.45. The molecule has 1 saturated heterocycles. The van der Waals surface area contributed by atoms with E-state index in [4.69, 9.17) is 9.47 Å². The number of hydrogen-bond donors (Lipinski definition) is 3. The van der Waals surface area contributed by atoms with Gasteiger partial charge in [0.25, 0.3) is 0 Å². The molecule has 0 bridgehead atoms. The van der Waals surface area contributed by atoms with Gasteiger partial charge in [-0.05, 0) is 13.8 Å². The molecule has 1 aliphatic rings. The first-order valence-electron chi connectivity index (χ1n) is 4.19. The molecule has 5 heteroatoms. The molecule has 1 fully saturated rings. The van der Waals surface area contributed by atoms with Gasteiger partial charge in [-0.1, -0.05) is 0 Å². The molecule has 3 N–H and O–H groups in total. The van der Waals surface area contributed by atoms with E-state index in [2.05, 4.69) is 0 Å². The Morgan fingerprint density at radius 3 is 2.23 bits per heavy atom. The van der Waals surface area contributed by atoms with E-state index in [1.54, 1.807) is 6.92 Å². The molecule has 1 aliphatic heterocycles. The van der Waals surface area contributed by atoms with Gasteiger partial charge in [-0.25, -0.2) is 0 Å². The topological polar surface area (TPSA) is 79.2 Å². The highest BCUT2D eigenvalue weighted by Gasteiger charge is 2.49. The maximum atomic E-state index is 9.52. The second kappa shape index (κ2) is 3.51. The van der Waals surface area contributed by atoms with Crippen LogP contribution < -0.4 is 0 Å². The second-order valence-corrected chi connectivity index (χ2v) is 3.47. The average Bonchev–Trinajstić information content (AvgIpc) is 2.12. The van der Waals surface area contributed by atoms with E-state index in [1.165, 1.54) is 14.0 Å². The highest BCUT2D eigenvalue weighted by atomic mass is 16.7. The van der Waals surface area contributed by atoms with Gasteiger partial charge in [0.05, 0.1) is 6.10 Å². The van der Waals surface area contributed by atoms with Crippen LogP contribution in [0.1, 0.15) is 13.8 Å². The molecule has 13 heavy (non-hydrogen) atoms. The Morgan fingerprint density at radius 1 is 1.23 bits per heavy atom. The van der Waals surface area contributed by atoms with Crippen molar-refractivity contribution in [3.8, 4) is 0 Å². The summed E-state index contributed by atoms with van der Waals surface area (Å²) in [7, 11) is 1.38. The van der Waals surface area contributed by atoms with Crippen LogP contribution in [0.5, 0.6) is 0 Å². The van der Waals surface area contributed by atoms with Gasteiger partial charge >= 0.3 is 0 Å². The summed E-state index contributed by atoms with van der Waals surface area (Å²) in [6, 6.07) is 0. The van der Waals surface area contributed by atoms with Crippen molar-refractivity contribution in [3.63, 3.8) is 0 Å². The molecule has 5 atom stereocenters. The van der Waals surface area contributed by atoms with Crippen molar-refractivity contribution in [2.24, 2.45) is 0 Å². The SMILES string of the molecule is CO[C@@]1(C)OC(C)[C@H](O)C(O)C1O. The van der Waals surface area contributed by atoms with Crippen molar-refractivity contribution in [2.75, 3.05) is 7.11 Å². The highest BCUT2D eigenvalue weighted by Crippen LogP contribution is 2.29. The van der Waals surface area contributed by atoms with E-state index < -0.39 is 30.2 Å². The Kier molecular flexibility index (Phi) is 2.94. The number of methoxy groups -OCH3 is 1. The summed E-state index contributed by atoms with van der Waals surface area (Å²) < 4.78 is 10.2. The number of hydrogen-bond acceptors (Lipinski definition) is 5. The molecule has 0 aromatic heterocycles. The Labute approximate surface area is 76.9 Å². The van der Waals surface area contributed by atoms with Crippen LogP contribution >= 0.6 is 0 Å². The lowest BCUT2D eigenvalue weighted by molar-refractivity contribution is -0.343. The Balaban J connectivity index is 2.82. The zero-order chi connectivity index (χ0) is 10.2. The maximum absolute atomic E-state index is 9.52. The second-order valence-electron chi connectivity index (χ2n) is 3.47. The summed E-state index contributed by atoms with van der Waals surface area (Å²) in [4.78, 5) is 0.